The topological polar surface area (TPSA) is 102 Å². The number of ketones is 1. The first kappa shape index (κ1) is 20.0. The van der Waals surface area contributed by atoms with Crippen molar-refractivity contribution >= 4 is 39.5 Å². The summed E-state index contributed by atoms with van der Waals surface area (Å²) in [5.74, 6) is -0.980. The summed E-state index contributed by atoms with van der Waals surface area (Å²) in [5.41, 5.74) is 0.448. The van der Waals surface area contributed by atoms with Gasteiger partial charge in [-0.1, -0.05) is 29.5 Å². The molecule has 0 radical (unpaired) electrons. The van der Waals surface area contributed by atoms with Crippen LogP contribution in [0.2, 0.25) is 0 Å². The third-order valence-electron chi connectivity index (χ3n) is 4.65. The molecule has 0 fully saturated rings. The fraction of sp³-hybridized carbons (Fsp3) is 0.200. The average Bonchev–Trinajstić information content (AvgIpc) is 3.48. The highest BCUT2D eigenvalue weighted by atomic mass is 32.1. The average molecular weight is 444 g/mol. The van der Waals surface area contributed by atoms with Crippen molar-refractivity contribution < 1.29 is 24.2 Å². The van der Waals surface area contributed by atoms with Gasteiger partial charge in [0.05, 0.1) is 24.7 Å². The van der Waals surface area contributed by atoms with E-state index in [1.807, 2.05) is 0 Å². The number of aliphatic hydroxyl groups excluding tert-OH is 1. The van der Waals surface area contributed by atoms with Gasteiger partial charge in [0.1, 0.15) is 11.0 Å². The standard InChI is InChI=1S/C20H17N3O5S2/c1-10-21-22-20(30-10)23-15(11-6-4-7-12(27-2)18(11)28-3)14(17(25)19(23)26)16(24)13-8-5-9-29-13/h4-9,15,25H,1-3H3/t15-/m1/s1. The van der Waals surface area contributed by atoms with Gasteiger partial charge < -0.3 is 14.6 Å². The Kier molecular flexibility index (Phi) is 5.27. The van der Waals surface area contributed by atoms with Crippen LogP contribution in [0, 0.1) is 6.92 Å². The summed E-state index contributed by atoms with van der Waals surface area (Å²) < 4.78 is 10.9. The minimum atomic E-state index is -0.954. The van der Waals surface area contributed by atoms with Crippen LogP contribution in [0.3, 0.4) is 0 Å². The largest absolute Gasteiger partial charge is 0.503 e. The number of carbonyl (C=O) groups excluding carboxylic acids is 2. The van der Waals surface area contributed by atoms with E-state index in [4.69, 9.17) is 9.47 Å². The fourth-order valence-electron chi connectivity index (χ4n) is 3.38. The summed E-state index contributed by atoms with van der Waals surface area (Å²) >= 11 is 2.42. The summed E-state index contributed by atoms with van der Waals surface area (Å²) in [4.78, 5) is 28.1. The van der Waals surface area contributed by atoms with Crippen molar-refractivity contribution in [3.8, 4) is 11.5 Å². The first-order valence-electron chi connectivity index (χ1n) is 8.83. The van der Waals surface area contributed by atoms with Crippen molar-refractivity contribution in [2.24, 2.45) is 0 Å². The molecule has 0 spiro atoms. The Morgan fingerprint density at radius 3 is 2.57 bits per heavy atom. The van der Waals surface area contributed by atoms with E-state index in [0.717, 1.165) is 0 Å². The molecule has 1 aromatic carbocycles. The van der Waals surface area contributed by atoms with Gasteiger partial charge in [0.2, 0.25) is 10.9 Å². The maximum absolute atomic E-state index is 13.3. The van der Waals surface area contributed by atoms with Gasteiger partial charge >= 0.3 is 0 Å². The van der Waals surface area contributed by atoms with Crippen LogP contribution in [0.15, 0.2) is 47.0 Å². The van der Waals surface area contributed by atoms with Crippen LogP contribution >= 0.6 is 22.7 Å². The molecule has 1 atom stereocenters. The number of hydrogen-bond donors (Lipinski definition) is 1. The highest BCUT2D eigenvalue weighted by molar-refractivity contribution is 7.15. The van der Waals surface area contributed by atoms with Crippen LogP contribution in [-0.2, 0) is 4.79 Å². The van der Waals surface area contributed by atoms with Gasteiger partial charge in [-0.25, -0.2) is 0 Å². The summed E-state index contributed by atoms with van der Waals surface area (Å²) in [5, 5.41) is 21.5. The van der Waals surface area contributed by atoms with Crippen molar-refractivity contribution in [1.82, 2.24) is 10.2 Å². The minimum absolute atomic E-state index is 0.0399. The molecule has 3 heterocycles. The zero-order chi connectivity index (χ0) is 21.4. The van der Waals surface area contributed by atoms with E-state index in [2.05, 4.69) is 10.2 Å². The second-order valence-electron chi connectivity index (χ2n) is 6.33. The number of amides is 1. The van der Waals surface area contributed by atoms with Gasteiger partial charge in [0.25, 0.3) is 5.91 Å². The number of aromatic nitrogens is 2. The maximum atomic E-state index is 13.3. The molecule has 1 amide bonds. The summed E-state index contributed by atoms with van der Waals surface area (Å²) in [6.45, 7) is 1.76. The lowest BCUT2D eigenvalue weighted by molar-refractivity contribution is -0.117. The number of ether oxygens (including phenoxy) is 2. The van der Waals surface area contributed by atoms with Crippen LogP contribution in [0.4, 0.5) is 5.13 Å². The van der Waals surface area contributed by atoms with Gasteiger partial charge in [-0.05, 0) is 24.4 Å². The molecular weight excluding hydrogens is 426 g/mol. The Morgan fingerprint density at radius 2 is 1.97 bits per heavy atom. The molecule has 30 heavy (non-hydrogen) atoms. The first-order chi connectivity index (χ1) is 14.5. The zero-order valence-corrected chi connectivity index (χ0v) is 17.9. The molecular formula is C20H17N3O5S2. The summed E-state index contributed by atoms with van der Waals surface area (Å²) in [6, 6.07) is 7.59. The number of carbonyl (C=O) groups is 2. The summed E-state index contributed by atoms with van der Waals surface area (Å²) in [6.07, 6.45) is 0. The molecule has 1 N–H and O–H groups in total. The SMILES string of the molecule is COc1cccc([C@@H]2C(C(=O)c3cccs3)=C(O)C(=O)N2c2nnc(C)s2)c1OC. The first-order valence-corrected chi connectivity index (χ1v) is 10.5. The summed E-state index contributed by atoms with van der Waals surface area (Å²) in [7, 11) is 2.97. The van der Waals surface area contributed by atoms with Gasteiger partial charge in [0, 0.05) is 5.56 Å². The number of methoxy groups -OCH3 is 2. The third-order valence-corrected chi connectivity index (χ3v) is 6.35. The number of aliphatic hydroxyl groups is 1. The third kappa shape index (κ3) is 3.14. The molecule has 0 saturated carbocycles. The predicted molar refractivity (Wildman–Crippen MR) is 113 cm³/mol. The molecule has 0 aliphatic carbocycles. The highest BCUT2D eigenvalue weighted by Gasteiger charge is 2.47. The Morgan fingerprint density at radius 1 is 1.17 bits per heavy atom. The number of anilines is 1. The molecule has 8 nitrogen and oxygen atoms in total. The molecule has 2 aromatic heterocycles. The van der Waals surface area contributed by atoms with Gasteiger partial charge in [-0.15, -0.1) is 21.5 Å². The number of aryl methyl sites for hydroxylation is 1. The Labute approximate surface area is 180 Å². The minimum Gasteiger partial charge on any atom is -0.503 e. The van der Waals surface area contributed by atoms with Crippen LogP contribution in [0.1, 0.15) is 26.3 Å². The van der Waals surface area contributed by atoms with Crippen LogP contribution in [0.25, 0.3) is 0 Å². The van der Waals surface area contributed by atoms with Crippen LogP contribution in [0.5, 0.6) is 11.5 Å². The lowest BCUT2D eigenvalue weighted by atomic mass is 9.94. The number of thiophene rings is 1. The second-order valence-corrected chi connectivity index (χ2v) is 8.44. The normalized spacial score (nSPS) is 16.3. The van der Waals surface area contributed by atoms with E-state index in [1.165, 1.54) is 41.8 Å². The van der Waals surface area contributed by atoms with Crippen LogP contribution in [-0.4, -0.2) is 41.2 Å². The Balaban J connectivity index is 1.95. The molecule has 4 rings (SSSR count). The van der Waals surface area contributed by atoms with Crippen molar-refractivity contribution in [3.63, 3.8) is 0 Å². The van der Waals surface area contributed by atoms with E-state index in [9.17, 15) is 14.7 Å². The molecule has 154 valence electrons. The smallest absolute Gasteiger partial charge is 0.296 e. The van der Waals surface area contributed by atoms with Crippen molar-refractivity contribution in [3.05, 3.63) is 62.5 Å². The number of hydrogen-bond acceptors (Lipinski definition) is 9. The second kappa shape index (κ2) is 7.88. The molecule has 0 bridgehead atoms. The van der Waals surface area contributed by atoms with E-state index < -0.39 is 23.5 Å². The molecule has 1 aliphatic rings. The molecule has 1 aliphatic heterocycles. The van der Waals surface area contributed by atoms with E-state index in [-0.39, 0.29) is 10.7 Å². The van der Waals surface area contributed by atoms with Crippen LogP contribution < -0.4 is 14.4 Å². The maximum Gasteiger partial charge on any atom is 0.296 e. The quantitative estimate of drug-likeness (QED) is 0.580. The zero-order valence-electron chi connectivity index (χ0n) is 16.3. The number of benzene rings is 1. The Hall–Kier alpha value is -3.24. The lowest BCUT2D eigenvalue weighted by Gasteiger charge is -2.26. The molecule has 10 heteroatoms. The monoisotopic (exact) mass is 443 g/mol. The van der Waals surface area contributed by atoms with Crippen molar-refractivity contribution in [1.29, 1.82) is 0 Å². The lowest BCUT2D eigenvalue weighted by Crippen LogP contribution is -2.31. The highest BCUT2D eigenvalue weighted by Crippen LogP contribution is 2.47. The van der Waals surface area contributed by atoms with Gasteiger partial charge in [-0.3, -0.25) is 14.5 Å². The Bertz CT molecular complexity index is 1150. The molecule has 3 aromatic rings. The molecule has 0 unspecified atom stereocenters. The van der Waals surface area contributed by atoms with E-state index in [1.54, 1.807) is 42.6 Å². The van der Waals surface area contributed by atoms with Gasteiger partial charge in [0.15, 0.2) is 17.3 Å². The van der Waals surface area contributed by atoms with E-state index in [0.29, 0.717) is 26.9 Å². The number of nitrogens with zero attached hydrogens (tertiary/aromatic N) is 3. The number of para-hydroxylation sites is 1. The molecule has 0 saturated heterocycles. The van der Waals surface area contributed by atoms with Crippen molar-refractivity contribution in [2.45, 2.75) is 13.0 Å². The van der Waals surface area contributed by atoms with Crippen molar-refractivity contribution in [2.75, 3.05) is 19.1 Å². The number of Topliss-reactive ketones (excluding diaryl/α,β-unsaturated/α-hetero) is 1. The fourth-order valence-corrected chi connectivity index (χ4v) is 4.77. The number of rotatable bonds is 6. The van der Waals surface area contributed by atoms with E-state index >= 15 is 0 Å². The van der Waals surface area contributed by atoms with Gasteiger partial charge in [-0.2, -0.15) is 0 Å². The predicted octanol–water partition coefficient (Wildman–Crippen LogP) is 3.71.